The molecule has 1 N–H and O–H groups in total. The van der Waals surface area contributed by atoms with Gasteiger partial charge in [-0.1, -0.05) is 12.1 Å². The molecule has 0 saturated heterocycles. The van der Waals surface area contributed by atoms with Gasteiger partial charge in [-0.2, -0.15) is 0 Å². The molecule has 2 amide bonds. The van der Waals surface area contributed by atoms with Crippen LogP contribution in [0.25, 0.3) is 0 Å². The van der Waals surface area contributed by atoms with E-state index in [2.05, 4.69) is 12.3 Å². The van der Waals surface area contributed by atoms with E-state index in [1.807, 2.05) is 24.4 Å². The van der Waals surface area contributed by atoms with Gasteiger partial charge in [0.05, 0.1) is 0 Å². The first kappa shape index (κ1) is 18.2. The van der Waals surface area contributed by atoms with E-state index < -0.39 is 0 Å². The van der Waals surface area contributed by atoms with Crippen molar-refractivity contribution >= 4 is 23.2 Å². The van der Waals surface area contributed by atoms with Gasteiger partial charge < -0.3 is 4.90 Å². The normalized spacial score (nSPS) is 10.5. The maximum absolute atomic E-state index is 12.7. The molecule has 127 valence electrons. The molecule has 2 aromatic rings. The lowest BCUT2D eigenvalue weighted by atomic mass is 10.1. The average molecular weight is 344 g/mol. The first-order valence-electron chi connectivity index (χ1n) is 7.79. The summed E-state index contributed by atoms with van der Waals surface area (Å²) in [6.45, 7) is 7.11. The number of hydrogen-bond donors (Lipinski definition) is 1. The molecule has 24 heavy (non-hydrogen) atoms. The Kier molecular flexibility index (Phi) is 6.52. The molecule has 0 bridgehead atoms. The van der Waals surface area contributed by atoms with Crippen LogP contribution in [-0.4, -0.2) is 41.9 Å². The second-order valence-corrected chi connectivity index (χ2v) is 6.30. The lowest BCUT2D eigenvalue weighted by molar-refractivity contribution is 0.0666. The van der Waals surface area contributed by atoms with Gasteiger partial charge >= 0.3 is 0 Å². The second kappa shape index (κ2) is 8.61. The number of carbonyl (C=O) groups excluding carboxylic acids is 2. The predicted molar refractivity (Wildman–Crippen MR) is 96.6 cm³/mol. The van der Waals surface area contributed by atoms with Crippen LogP contribution in [0.1, 0.15) is 32.5 Å². The molecule has 1 aromatic carbocycles. The standard InChI is InChI=1S/C18H22N3O2S/c1-4-20(3)17(22)14-8-6-9-15(12-14)18(23)21(5-2)19-13-16-10-7-11-24-16/h6-12,19H,1,4-5,13H2,2-3H3. The molecule has 0 saturated carbocycles. The van der Waals surface area contributed by atoms with Crippen molar-refractivity contribution < 1.29 is 9.59 Å². The molecule has 1 heterocycles. The van der Waals surface area contributed by atoms with Gasteiger partial charge in [0.2, 0.25) is 0 Å². The minimum Gasteiger partial charge on any atom is -0.342 e. The Balaban J connectivity index is 2.10. The number of thiophene rings is 1. The maximum Gasteiger partial charge on any atom is 0.267 e. The van der Waals surface area contributed by atoms with Crippen LogP contribution in [0.3, 0.4) is 0 Å². The van der Waals surface area contributed by atoms with E-state index >= 15 is 0 Å². The van der Waals surface area contributed by atoms with Crippen LogP contribution < -0.4 is 5.43 Å². The van der Waals surface area contributed by atoms with E-state index in [9.17, 15) is 9.59 Å². The monoisotopic (exact) mass is 344 g/mol. The lowest BCUT2D eigenvalue weighted by Crippen LogP contribution is -2.42. The van der Waals surface area contributed by atoms with Gasteiger partial charge in [0.15, 0.2) is 0 Å². The number of benzene rings is 1. The molecule has 2 rings (SSSR count). The summed E-state index contributed by atoms with van der Waals surface area (Å²) in [5, 5.41) is 3.57. The number of nitrogens with zero attached hydrogens (tertiary/aromatic N) is 2. The molecular weight excluding hydrogens is 322 g/mol. The van der Waals surface area contributed by atoms with Crippen molar-refractivity contribution in [1.82, 2.24) is 15.3 Å². The molecule has 5 nitrogen and oxygen atoms in total. The second-order valence-electron chi connectivity index (χ2n) is 5.27. The molecule has 0 fully saturated rings. The van der Waals surface area contributed by atoms with Crippen molar-refractivity contribution in [2.75, 3.05) is 20.1 Å². The van der Waals surface area contributed by atoms with Crippen molar-refractivity contribution in [3.63, 3.8) is 0 Å². The fraction of sp³-hybridized carbons (Fsp3) is 0.278. The predicted octanol–water partition coefficient (Wildman–Crippen LogP) is 2.82. The summed E-state index contributed by atoms with van der Waals surface area (Å²) in [6, 6.07) is 10.8. The molecule has 0 aliphatic rings. The summed E-state index contributed by atoms with van der Waals surface area (Å²) in [5.41, 5.74) is 4.11. The zero-order valence-corrected chi connectivity index (χ0v) is 14.8. The highest BCUT2D eigenvalue weighted by Crippen LogP contribution is 2.11. The van der Waals surface area contributed by atoms with Crippen molar-refractivity contribution in [3.05, 3.63) is 64.7 Å². The SMILES string of the molecule is [CH2]CN(C)C(=O)c1cccc(C(=O)N(CC)NCc2cccs2)c1. The third-order valence-corrected chi connectivity index (χ3v) is 4.50. The van der Waals surface area contributed by atoms with E-state index in [4.69, 9.17) is 0 Å². The van der Waals surface area contributed by atoms with Gasteiger partial charge in [-0.15, -0.1) is 11.3 Å². The first-order valence-corrected chi connectivity index (χ1v) is 8.67. The van der Waals surface area contributed by atoms with Gasteiger partial charge in [0.1, 0.15) is 0 Å². The maximum atomic E-state index is 12.7. The van der Waals surface area contributed by atoms with Crippen molar-refractivity contribution in [2.24, 2.45) is 0 Å². The highest BCUT2D eigenvalue weighted by atomic mass is 32.1. The van der Waals surface area contributed by atoms with E-state index in [1.54, 1.807) is 47.7 Å². The quantitative estimate of drug-likeness (QED) is 0.786. The number of hydrogen-bond acceptors (Lipinski definition) is 4. The summed E-state index contributed by atoms with van der Waals surface area (Å²) in [5.74, 6) is -0.296. The molecule has 0 spiro atoms. The van der Waals surface area contributed by atoms with Crippen LogP contribution in [0, 0.1) is 6.92 Å². The fourth-order valence-corrected chi connectivity index (χ4v) is 2.81. The molecule has 1 radical (unpaired) electrons. The Labute approximate surface area is 146 Å². The number of rotatable bonds is 7. The highest BCUT2D eigenvalue weighted by Gasteiger charge is 2.17. The van der Waals surface area contributed by atoms with Crippen LogP contribution in [0.5, 0.6) is 0 Å². The van der Waals surface area contributed by atoms with Crippen molar-refractivity contribution in [1.29, 1.82) is 0 Å². The molecule has 6 heteroatoms. The van der Waals surface area contributed by atoms with E-state index in [0.29, 0.717) is 30.8 Å². The molecular formula is C18H22N3O2S. The number of hydrazine groups is 1. The topological polar surface area (TPSA) is 52.7 Å². The summed E-state index contributed by atoms with van der Waals surface area (Å²) >= 11 is 1.64. The zero-order chi connectivity index (χ0) is 17.5. The minimum absolute atomic E-state index is 0.144. The van der Waals surface area contributed by atoms with Crippen LogP contribution >= 0.6 is 11.3 Å². The highest BCUT2D eigenvalue weighted by molar-refractivity contribution is 7.09. The summed E-state index contributed by atoms with van der Waals surface area (Å²) in [6.07, 6.45) is 0. The van der Waals surface area contributed by atoms with Gasteiger partial charge in [0.25, 0.3) is 11.8 Å². The van der Waals surface area contributed by atoms with Gasteiger partial charge in [-0.05, 0) is 43.5 Å². The van der Waals surface area contributed by atoms with Crippen LogP contribution in [0.4, 0.5) is 0 Å². The smallest absolute Gasteiger partial charge is 0.267 e. The van der Waals surface area contributed by atoms with Crippen LogP contribution in [0.15, 0.2) is 41.8 Å². The Morgan fingerprint density at radius 3 is 2.46 bits per heavy atom. The number of carbonyl (C=O) groups is 2. The summed E-state index contributed by atoms with van der Waals surface area (Å²) in [7, 11) is 1.69. The number of amides is 2. The minimum atomic E-state index is -0.152. The third-order valence-electron chi connectivity index (χ3n) is 3.62. The summed E-state index contributed by atoms with van der Waals surface area (Å²) in [4.78, 5) is 27.6. The summed E-state index contributed by atoms with van der Waals surface area (Å²) < 4.78 is 0. The molecule has 0 aliphatic heterocycles. The van der Waals surface area contributed by atoms with E-state index in [0.717, 1.165) is 4.88 Å². The Morgan fingerprint density at radius 2 is 1.88 bits per heavy atom. The zero-order valence-electron chi connectivity index (χ0n) is 14.0. The number of nitrogens with one attached hydrogen (secondary N) is 1. The molecule has 1 aromatic heterocycles. The largest absolute Gasteiger partial charge is 0.342 e. The molecule has 0 unspecified atom stereocenters. The van der Waals surface area contributed by atoms with Gasteiger partial charge in [-0.3, -0.25) is 14.6 Å². The van der Waals surface area contributed by atoms with Crippen molar-refractivity contribution in [3.8, 4) is 0 Å². The Morgan fingerprint density at radius 1 is 1.17 bits per heavy atom. The van der Waals surface area contributed by atoms with Crippen molar-refractivity contribution in [2.45, 2.75) is 13.5 Å². The van der Waals surface area contributed by atoms with E-state index in [-0.39, 0.29) is 11.8 Å². The van der Waals surface area contributed by atoms with Gasteiger partial charge in [-0.25, -0.2) is 5.43 Å². The first-order chi connectivity index (χ1) is 11.6. The molecule has 0 aliphatic carbocycles. The average Bonchev–Trinajstić information content (AvgIpc) is 3.14. The lowest BCUT2D eigenvalue weighted by Gasteiger charge is -2.22. The molecule has 0 atom stereocenters. The Bertz CT molecular complexity index is 685. The van der Waals surface area contributed by atoms with E-state index in [1.165, 1.54) is 4.90 Å². The van der Waals surface area contributed by atoms with Gasteiger partial charge in [0, 0.05) is 42.7 Å². The van der Waals surface area contributed by atoms with Crippen LogP contribution in [-0.2, 0) is 6.54 Å². The third kappa shape index (κ3) is 4.43. The Hall–Kier alpha value is -2.18. The fourth-order valence-electron chi connectivity index (χ4n) is 2.18. The van der Waals surface area contributed by atoms with Crippen LogP contribution in [0.2, 0.25) is 0 Å².